The van der Waals surface area contributed by atoms with E-state index in [1.165, 1.54) is 12.1 Å². The average Bonchev–Trinajstić information content (AvgIpc) is 3.11. The number of aryl methyl sites for hydroxylation is 1. The molecule has 4 rings (SSSR count). The molecule has 2 heterocycles. The summed E-state index contributed by atoms with van der Waals surface area (Å²) in [5, 5.41) is 11.7. The molecule has 0 saturated carbocycles. The van der Waals surface area contributed by atoms with Crippen LogP contribution < -0.4 is 4.74 Å². The standard InChI is InChI=1S/C21H20ClFN2O4S/c1-12-19(30(2,27)28)25-20(24-12)21(26,14-7-8-16(22)17(23)10-14)15-9-13-5-3-4-6-18(13)29-11-15/h3-8,10,15,26H,9,11H2,1-2H3,(H,24,25). The summed E-state index contributed by atoms with van der Waals surface area (Å²) in [7, 11) is -3.63. The van der Waals surface area contributed by atoms with Crippen LogP contribution >= 0.6 is 11.6 Å². The Kier molecular flexibility index (Phi) is 5.12. The number of halogens is 2. The van der Waals surface area contributed by atoms with E-state index in [-0.39, 0.29) is 33.7 Å². The zero-order valence-corrected chi connectivity index (χ0v) is 17.9. The second-order valence-corrected chi connectivity index (χ2v) is 9.84. The molecular weight excluding hydrogens is 431 g/mol. The molecule has 0 bridgehead atoms. The van der Waals surface area contributed by atoms with Gasteiger partial charge in [-0.15, -0.1) is 0 Å². The van der Waals surface area contributed by atoms with Crippen molar-refractivity contribution >= 4 is 21.4 Å². The van der Waals surface area contributed by atoms with Crippen LogP contribution in [0.5, 0.6) is 5.75 Å². The van der Waals surface area contributed by atoms with Crippen molar-refractivity contribution in [2.24, 2.45) is 5.92 Å². The number of rotatable bonds is 4. The van der Waals surface area contributed by atoms with Crippen LogP contribution in [0.3, 0.4) is 0 Å². The molecule has 2 N–H and O–H groups in total. The first-order valence-corrected chi connectivity index (χ1v) is 11.5. The summed E-state index contributed by atoms with van der Waals surface area (Å²) in [5.41, 5.74) is -0.468. The number of aliphatic hydroxyl groups is 1. The fourth-order valence-electron chi connectivity index (χ4n) is 3.88. The quantitative estimate of drug-likeness (QED) is 0.635. The van der Waals surface area contributed by atoms with E-state index in [1.807, 2.05) is 24.3 Å². The van der Waals surface area contributed by atoms with E-state index in [1.54, 1.807) is 6.92 Å². The van der Waals surface area contributed by atoms with E-state index in [9.17, 15) is 17.9 Å². The van der Waals surface area contributed by atoms with Gasteiger partial charge >= 0.3 is 0 Å². The number of ether oxygens (including phenoxy) is 1. The van der Waals surface area contributed by atoms with Crippen molar-refractivity contribution in [3.63, 3.8) is 0 Å². The van der Waals surface area contributed by atoms with Crippen LogP contribution in [-0.4, -0.2) is 36.4 Å². The lowest BCUT2D eigenvalue weighted by molar-refractivity contribution is -0.0184. The predicted molar refractivity (Wildman–Crippen MR) is 110 cm³/mol. The molecule has 3 aromatic rings. The topological polar surface area (TPSA) is 92.3 Å². The largest absolute Gasteiger partial charge is 0.493 e. The van der Waals surface area contributed by atoms with Crippen LogP contribution in [0.25, 0.3) is 0 Å². The number of aromatic amines is 1. The maximum atomic E-state index is 14.3. The Bertz CT molecular complexity index is 1230. The molecular formula is C21H20ClFN2O4S. The summed E-state index contributed by atoms with van der Waals surface area (Å²) < 4.78 is 44.4. The number of imidazole rings is 1. The summed E-state index contributed by atoms with van der Waals surface area (Å²) in [6.45, 7) is 1.69. The van der Waals surface area contributed by atoms with Crippen molar-refractivity contribution in [3.8, 4) is 5.75 Å². The molecule has 0 saturated heterocycles. The van der Waals surface area contributed by atoms with Gasteiger partial charge in [-0.2, -0.15) is 0 Å². The summed E-state index contributed by atoms with van der Waals surface area (Å²) >= 11 is 5.83. The number of fused-ring (bicyclic) bond motifs is 1. The number of H-pyrrole nitrogens is 1. The maximum Gasteiger partial charge on any atom is 0.194 e. The lowest BCUT2D eigenvalue weighted by Gasteiger charge is -2.38. The number of hydrogen-bond acceptors (Lipinski definition) is 5. The van der Waals surface area contributed by atoms with Crippen LogP contribution in [0.4, 0.5) is 4.39 Å². The van der Waals surface area contributed by atoms with Crippen LogP contribution in [0, 0.1) is 18.7 Å². The van der Waals surface area contributed by atoms with E-state index in [2.05, 4.69) is 9.97 Å². The fraction of sp³-hybridized carbons (Fsp3) is 0.286. The van der Waals surface area contributed by atoms with Crippen molar-refractivity contribution in [2.75, 3.05) is 12.9 Å². The predicted octanol–water partition coefficient (Wildman–Crippen LogP) is 3.40. The summed E-state index contributed by atoms with van der Waals surface area (Å²) in [4.78, 5) is 7.10. The van der Waals surface area contributed by atoms with Gasteiger partial charge in [-0.05, 0) is 42.7 Å². The number of benzene rings is 2. The van der Waals surface area contributed by atoms with Gasteiger partial charge in [0.2, 0.25) is 0 Å². The molecule has 0 fully saturated rings. The third kappa shape index (κ3) is 3.49. The Hall–Kier alpha value is -2.42. The number of hydrogen-bond donors (Lipinski definition) is 2. The third-order valence-electron chi connectivity index (χ3n) is 5.38. The lowest BCUT2D eigenvalue weighted by Crippen LogP contribution is -2.43. The Labute approximate surface area is 178 Å². The highest BCUT2D eigenvalue weighted by Gasteiger charge is 2.46. The number of para-hydroxylation sites is 1. The first-order chi connectivity index (χ1) is 14.1. The SMILES string of the molecule is Cc1[nH]c(C(O)(c2ccc(Cl)c(F)c2)C2COc3ccccc3C2)nc1S(C)(=O)=O. The lowest BCUT2D eigenvalue weighted by atomic mass is 9.76. The molecule has 158 valence electrons. The van der Waals surface area contributed by atoms with E-state index in [0.717, 1.165) is 17.9 Å². The van der Waals surface area contributed by atoms with E-state index < -0.39 is 27.2 Å². The van der Waals surface area contributed by atoms with Gasteiger partial charge in [-0.25, -0.2) is 17.8 Å². The van der Waals surface area contributed by atoms with E-state index in [0.29, 0.717) is 12.2 Å². The van der Waals surface area contributed by atoms with Gasteiger partial charge in [0.1, 0.15) is 17.4 Å². The van der Waals surface area contributed by atoms with E-state index >= 15 is 0 Å². The number of nitrogens with one attached hydrogen (secondary N) is 1. The highest BCUT2D eigenvalue weighted by molar-refractivity contribution is 7.90. The van der Waals surface area contributed by atoms with Crippen molar-refractivity contribution in [1.29, 1.82) is 0 Å². The average molecular weight is 451 g/mol. The molecule has 6 nitrogen and oxygen atoms in total. The highest BCUT2D eigenvalue weighted by Crippen LogP contribution is 2.42. The molecule has 0 radical (unpaired) electrons. The van der Waals surface area contributed by atoms with Gasteiger partial charge in [-0.3, -0.25) is 0 Å². The molecule has 30 heavy (non-hydrogen) atoms. The minimum Gasteiger partial charge on any atom is -0.493 e. The maximum absolute atomic E-state index is 14.3. The van der Waals surface area contributed by atoms with Gasteiger partial charge in [0.25, 0.3) is 0 Å². The number of sulfone groups is 1. The van der Waals surface area contributed by atoms with Crippen LogP contribution in [0.1, 0.15) is 22.6 Å². The molecule has 0 amide bonds. The zero-order chi connectivity index (χ0) is 21.7. The van der Waals surface area contributed by atoms with Crippen LogP contribution in [0.15, 0.2) is 47.5 Å². The molecule has 1 aliphatic rings. The Morgan fingerprint density at radius 3 is 2.70 bits per heavy atom. The minimum atomic E-state index is -3.63. The normalized spacial score (nSPS) is 18.4. The van der Waals surface area contributed by atoms with Gasteiger partial charge in [-0.1, -0.05) is 35.9 Å². The highest BCUT2D eigenvalue weighted by atomic mass is 35.5. The monoisotopic (exact) mass is 450 g/mol. The summed E-state index contributed by atoms with van der Waals surface area (Å²) in [6.07, 6.45) is 1.46. The van der Waals surface area contributed by atoms with Gasteiger partial charge in [0, 0.05) is 12.2 Å². The number of aromatic nitrogens is 2. The second-order valence-electron chi connectivity index (χ2n) is 7.50. The molecule has 1 aliphatic heterocycles. The third-order valence-corrected chi connectivity index (χ3v) is 6.79. The molecule has 0 spiro atoms. The zero-order valence-electron chi connectivity index (χ0n) is 16.3. The number of nitrogens with zero attached hydrogens (tertiary/aromatic N) is 1. The van der Waals surface area contributed by atoms with Crippen LogP contribution in [0.2, 0.25) is 5.02 Å². The summed E-state index contributed by atoms with van der Waals surface area (Å²) in [6, 6.07) is 11.4. The van der Waals surface area contributed by atoms with Gasteiger partial charge < -0.3 is 14.8 Å². The second kappa shape index (κ2) is 7.37. The molecule has 1 aromatic heterocycles. The molecule has 2 unspecified atom stereocenters. The van der Waals surface area contributed by atoms with Crippen molar-refractivity contribution in [3.05, 3.63) is 75.9 Å². The Balaban J connectivity index is 1.89. The van der Waals surface area contributed by atoms with E-state index in [4.69, 9.17) is 16.3 Å². The van der Waals surface area contributed by atoms with Gasteiger partial charge in [0.05, 0.1) is 17.3 Å². The first kappa shape index (κ1) is 20.8. The Morgan fingerprint density at radius 2 is 2.03 bits per heavy atom. The molecule has 2 atom stereocenters. The Morgan fingerprint density at radius 1 is 1.30 bits per heavy atom. The molecule has 2 aromatic carbocycles. The van der Waals surface area contributed by atoms with Crippen molar-refractivity contribution in [1.82, 2.24) is 9.97 Å². The molecule has 9 heteroatoms. The van der Waals surface area contributed by atoms with Gasteiger partial charge in [0.15, 0.2) is 20.5 Å². The minimum absolute atomic E-state index is 0.00938. The summed E-state index contributed by atoms with van der Waals surface area (Å²) in [5.74, 6) is -0.539. The first-order valence-electron chi connectivity index (χ1n) is 9.26. The van der Waals surface area contributed by atoms with Crippen LogP contribution in [-0.2, 0) is 21.9 Å². The fourth-order valence-corrected chi connectivity index (χ4v) is 4.86. The van der Waals surface area contributed by atoms with Crippen molar-refractivity contribution < 1.29 is 22.7 Å². The van der Waals surface area contributed by atoms with Crippen molar-refractivity contribution in [2.45, 2.75) is 24.0 Å². The molecule has 0 aliphatic carbocycles. The smallest absolute Gasteiger partial charge is 0.194 e.